The van der Waals surface area contributed by atoms with Gasteiger partial charge >= 0.3 is 18.5 Å². The zero-order chi connectivity index (χ0) is 19.8. The molecule has 10 heteroatoms. The van der Waals surface area contributed by atoms with Crippen LogP contribution in [0, 0.1) is 0 Å². The molecule has 1 N–H and O–H groups in total. The molecule has 1 unspecified atom stereocenters. The molecule has 0 aliphatic rings. The summed E-state index contributed by atoms with van der Waals surface area (Å²) in [6.45, 7) is 1.21. The first-order valence-corrected chi connectivity index (χ1v) is 7.10. The van der Waals surface area contributed by atoms with Crippen molar-refractivity contribution in [3.63, 3.8) is 0 Å². The minimum atomic E-state index is -5.82. The quantitative estimate of drug-likeness (QED) is 0.613. The maximum atomic E-state index is 13.1. The summed E-state index contributed by atoms with van der Waals surface area (Å²) in [6.07, 6.45) is -17.1. The molecule has 1 rings (SSSR count). The fraction of sp³-hybridized carbons (Fsp3) is 0.600. The van der Waals surface area contributed by atoms with Crippen LogP contribution in [0.15, 0.2) is 18.2 Å². The molecule has 1 nitrogen and oxygen atoms in total. The molecule has 0 saturated heterocycles. The highest BCUT2D eigenvalue weighted by Gasteiger charge is 2.68. The molecule has 0 saturated carbocycles. The molecular formula is C15H15F9O. The van der Waals surface area contributed by atoms with Crippen molar-refractivity contribution in [1.82, 2.24) is 0 Å². The highest BCUT2D eigenvalue weighted by atomic mass is 19.4. The van der Waals surface area contributed by atoms with Crippen molar-refractivity contribution in [1.29, 1.82) is 0 Å². The summed E-state index contributed by atoms with van der Waals surface area (Å²) < 4.78 is 118. The summed E-state index contributed by atoms with van der Waals surface area (Å²) in [4.78, 5) is 0. The Bertz CT molecular complexity index is 584. The zero-order valence-electron chi connectivity index (χ0n) is 13.1. The second kappa shape index (κ2) is 6.60. The molecule has 0 fully saturated rings. The molecule has 0 spiro atoms. The first-order chi connectivity index (χ1) is 11.1. The van der Waals surface area contributed by atoms with E-state index in [0.29, 0.717) is 6.07 Å². The number of hydrogen-bond donors (Lipinski definition) is 1. The minimum Gasteiger partial charge on any atom is -0.508 e. The molecule has 0 aliphatic heterocycles. The molecule has 25 heavy (non-hydrogen) atoms. The maximum Gasteiger partial charge on any atom is 0.406 e. The van der Waals surface area contributed by atoms with Crippen LogP contribution in [0.3, 0.4) is 0 Å². The smallest absolute Gasteiger partial charge is 0.406 e. The van der Waals surface area contributed by atoms with E-state index in [1.165, 1.54) is 6.92 Å². The van der Waals surface area contributed by atoms with E-state index in [1.807, 2.05) is 0 Å². The van der Waals surface area contributed by atoms with Crippen LogP contribution in [0.1, 0.15) is 43.7 Å². The van der Waals surface area contributed by atoms with E-state index in [0.717, 1.165) is 0 Å². The molecule has 1 aromatic rings. The Labute approximate surface area is 137 Å². The Kier molecular flexibility index (Phi) is 5.66. The van der Waals surface area contributed by atoms with Crippen molar-refractivity contribution >= 4 is 0 Å². The van der Waals surface area contributed by atoms with E-state index < -0.39 is 53.2 Å². The van der Waals surface area contributed by atoms with Crippen molar-refractivity contribution in [3.05, 3.63) is 29.3 Å². The Balaban J connectivity index is 3.66. The third-order valence-corrected chi connectivity index (χ3v) is 4.03. The molecule has 0 amide bonds. The van der Waals surface area contributed by atoms with Crippen LogP contribution in [0.5, 0.6) is 5.75 Å². The van der Waals surface area contributed by atoms with Gasteiger partial charge in [0.15, 0.2) is 5.41 Å². The van der Waals surface area contributed by atoms with Crippen LogP contribution in [0.2, 0.25) is 0 Å². The van der Waals surface area contributed by atoms with Gasteiger partial charge < -0.3 is 5.11 Å². The van der Waals surface area contributed by atoms with Crippen LogP contribution >= 0.6 is 0 Å². The largest absolute Gasteiger partial charge is 0.508 e. The normalized spacial score (nSPS) is 15.3. The molecule has 1 aromatic carbocycles. The van der Waals surface area contributed by atoms with E-state index in [4.69, 9.17) is 0 Å². The first-order valence-electron chi connectivity index (χ1n) is 7.10. The van der Waals surface area contributed by atoms with Gasteiger partial charge in [-0.2, -0.15) is 39.5 Å². The average molecular weight is 382 g/mol. The molecule has 1 atom stereocenters. The number of aromatic hydroxyl groups is 1. The molecule has 0 heterocycles. The number of rotatable bonds is 4. The molecule has 0 aromatic heterocycles. The Morgan fingerprint density at radius 1 is 0.880 bits per heavy atom. The van der Waals surface area contributed by atoms with Gasteiger partial charge in [-0.1, -0.05) is 19.4 Å². The van der Waals surface area contributed by atoms with Gasteiger partial charge in [-0.15, -0.1) is 0 Å². The van der Waals surface area contributed by atoms with E-state index in [1.54, 1.807) is 0 Å². The van der Waals surface area contributed by atoms with Crippen molar-refractivity contribution in [2.45, 2.75) is 56.6 Å². The van der Waals surface area contributed by atoms with E-state index in [2.05, 4.69) is 0 Å². The lowest BCUT2D eigenvalue weighted by molar-refractivity contribution is -0.297. The van der Waals surface area contributed by atoms with Crippen molar-refractivity contribution in [2.24, 2.45) is 0 Å². The van der Waals surface area contributed by atoms with Crippen molar-refractivity contribution < 1.29 is 44.6 Å². The third-order valence-electron chi connectivity index (χ3n) is 4.03. The van der Waals surface area contributed by atoms with Crippen LogP contribution in [-0.4, -0.2) is 23.6 Å². The summed E-state index contributed by atoms with van der Waals surface area (Å²) in [5, 5.41) is 9.47. The van der Waals surface area contributed by atoms with Gasteiger partial charge in [0, 0.05) is 0 Å². The van der Waals surface area contributed by atoms with Gasteiger partial charge in [-0.25, -0.2) is 0 Å². The van der Waals surface area contributed by atoms with Gasteiger partial charge in [0.05, 0.1) is 5.92 Å². The summed E-state index contributed by atoms with van der Waals surface area (Å²) >= 11 is 0. The van der Waals surface area contributed by atoms with E-state index in [-0.39, 0.29) is 25.5 Å². The lowest BCUT2D eigenvalue weighted by atomic mass is 9.78. The number of phenols is 1. The van der Waals surface area contributed by atoms with Gasteiger partial charge in [-0.05, 0) is 36.6 Å². The lowest BCUT2D eigenvalue weighted by Crippen LogP contribution is -2.51. The molecular weight excluding hydrogens is 367 g/mol. The summed E-state index contributed by atoms with van der Waals surface area (Å²) in [5.74, 6) is -3.38. The summed E-state index contributed by atoms with van der Waals surface area (Å²) in [7, 11) is 0. The predicted molar refractivity (Wildman–Crippen MR) is 71.3 cm³/mol. The van der Waals surface area contributed by atoms with Crippen LogP contribution in [0.25, 0.3) is 0 Å². The number of benzene rings is 1. The molecule has 144 valence electrons. The Morgan fingerprint density at radius 3 is 1.72 bits per heavy atom. The van der Waals surface area contributed by atoms with Crippen LogP contribution < -0.4 is 0 Å². The van der Waals surface area contributed by atoms with Crippen LogP contribution in [-0.2, 0) is 5.41 Å². The highest BCUT2D eigenvalue weighted by molar-refractivity contribution is 5.41. The van der Waals surface area contributed by atoms with Gasteiger partial charge in [0.25, 0.3) is 0 Å². The topological polar surface area (TPSA) is 20.2 Å². The minimum absolute atomic E-state index is 0.00895. The SMILES string of the molecule is CCCC(c1cc(O)cc(C(C)(C(F)(F)F)C(F)(F)F)c1)C(F)(F)F. The van der Waals surface area contributed by atoms with Gasteiger partial charge in [0.1, 0.15) is 5.75 Å². The van der Waals surface area contributed by atoms with Gasteiger partial charge in [0.2, 0.25) is 0 Å². The van der Waals surface area contributed by atoms with E-state index in [9.17, 15) is 44.6 Å². The average Bonchev–Trinajstić information content (AvgIpc) is 2.39. The molecule has 0 aliphatic carbocycles. The monoisotopic (exact) mass is 382 g/mol. The predicted octanol–water partition coefficient (Wildman–Crippen LogP) is 6.22. The van der Waals surface area contributed by atoms with Crippen molar-refractivity contribution in [3.8, 4) is 5.75 Å². The Morgan fingerprint density at radius 2 is 1.36 bits per heavy atom. The maximum absolute atomic E-state index is 13.1. The van der Waals surface area contributed by atoms with E-state index >= 15 is 0 Å². The fourth-order valence-electron chi connectivity index (χ4n) is 2.42. The summed E-state index contributed by atoms with van der Waals surface area (Å²) in [5.41, 5.74) is -6.76. The summed E-state index contributed by atoms with van der Waals surface area (Å²) in [6, 6.07) is 0.933. The number of phenolic OH excluding ortho intramolecular Hbond substituents is 1. The van der Waals surface area contributed by atoms with Gasteiger partial charge in [-0.3, -0.25) is 0 Å². The molecule has 0 radical (unpaired) electrons. The zero-order valence-corrected chi connectivity index (χ0v) is 13.1. The third kappa shape index (κ3) is 4.14. The lowest BCUT2D eigenvalue weighted by Gasteiger charge is -2.35. The molecule has 0 bridgehead atoms. The first kappa shape index (κ1) is 21.4. The Hall–Kier alpha value is -1.61. The highest BCUT2D eigenvalue weighted by Crippen LogP contribution is 2.53. The fourth-order valence-corrected chi connectivity index (χ4v) is 2.42. The second-order valence-electron chi connectivity index (χ2n) is 5.82. The number of hydrogen-bond acceptors (Lipinski definition) is 1. The standard InChI is InChI=1S/C15H15F9O/c1-3-4-11(13(16,17)18)8-5-9(7-10(25)6-8)12(2,14(19,20)21)15(22,23)24/h5-7,11,25H,3-4H2,1-2H3. The van der Waals surface area contributed by atoms with Crippen LogP contribution in [0.4, 0.5) is 39.5 Å². The second-order valence-corrected chi connectivity index (χ2v) is 5.82. The number of halogens is 9. The number of alkyl halides is 9. The van der Waals surface area contributed by atoms with Crippen molar-refractivity contribution in [2.75, 3.05) is 0 Å².